The standard InChI is InChI=1S/C25H34N4O6/c26-22(23(30)31)12-7-15-29(16-13-27-24(32)34-18-20-8-3-1-4-9-20)17-14-28-25(33)35-19-21-10-5-2-6-11-21/h1-6,8-11,22H,7,12-19,26H2,(H,27,32)(H,28,33)(H,30,31)/t22-/m0/s1. The highest BCUT2D eigenvalue weighted by atomic mass is 16.6. The Morgan fingerprint density at radius 3 is 1.69 bits per heavy atom. The van der Waals surface area contributed by atoms with Gasteiger partial charge in [0, 0.05) is 26.2 Å². The largest absolute Gasteiger partial charge is 0.480 e. The molecule has 5 N–H and O–H groups in total. The number of carbonyl (C=O) groups is 3. The summed E-state index contributed by atoms with van der Waals surface area (Å²) in [5.74, 6) is -1.04. The normalized spacial score (nSPS) is 11.5. The van der Waals surface area contributed by atoms with Crippen molar-refractivity contribution in [1.82, 2.24) is 15.5 Å². The highest BCUT2D eigenvalue weighted by molar-refractivity contribution is 5.72. The van der Waals surface area contributed by atoms with Crippen LogP contribution in [0.3, 0.4) is 0 Å². The average Bonchev–Trinajstić information content (AvgIpc) is 2.87. The van der Waals surface area contributed by atoms with Crippen molar-refractivity contribution >= 4 is 18.2 Å². The smallest absolute Gasteiger partial charge is 0.407 e. The summed E-state index contributed by atoms with van der Waals surface area (Å²) < 4.78 is 10.4. The number of nitrogens with zero attached hydrogens (tertiary/aromatic N) is 1. The van der Waals surface area contributed by atoms with Crippen molar-refractivity contribution in [3.8, 4) is 0 Å². The first-order chi connectivity index (χ1) is 16.9. The van der Waals surface area contributed by atoms with Gasteiger partial charge in [-0.1, -0.05) is 60.7 Å². The maximum atomic E-state index is 12.0. The molecule has 2 aromatic rings. The van der Waals surface area contributed by atoms with Crippen LogP contribution < -0.4 is 16.4 Å². The summed E-state index contributed by atoms with van der Waals surface area (Å²) in [6, 6.07) is 17.8. The minimum atomic E-state index is -1.04. The van der Waals surface area contributed by atoms with E-state index in [9.17, 15) is 14.4 Å². The van der Waals surface area contributed by atoms with Gasteiger partial charge in [-0.15, -0.1) is 0 Å². The fourth-order valence-electron chi connectivity index (χ4n) is 3.17. The number of carbonyl (C=O) groups excluding carboxylic acids is 2. The van der Waals surface area contributed by atoms with E-state index in [-0.39, 0.29) is 13.2 Å². The summed E-state index contributed by atoms with van der Waals surface area (Å²) in [6.45, 7) is 2.56. The molecule has 2 amide bonds. The molecule has 10 nitrogen and oxygen atoms in total. The third kappa shape index (κ3) is 12.4. The molecule has 0 heterocycles. The van der Waals surface area contributed by atoms with Crippen LogP contribution in [0.5, 0.6) is 0 Å². The van der Waals surface area contributed by atoms with E-state index in [2.05, 4.69) is 10.6 Å². The summed E-state index contributed by atoms with van der Waals surface area (Å²) in [5, 5.41) is 14.4. The van der Waals surface area contributed by atoms with Crippen LogP contribution in [-0.2, 0) is 27.5 Å². The summed E-state index contributed by atoms with van der Waals surface area (Å²) >= 11 is 0. The third-order valence-electron chi connectivity index (χ3n) is 5.13. The Kier molecular flexibility index (Phi) is 12.7. The lowest BCUT2D eigenvalue weighted by Crippen LogP contribution is -2.40. The van der Waals surface area contributed by atoms with Gasteiger partial charge in [-0.2, -0.15) is 0 Å². The van der Waals surface area contributed by atoms with E-state index in [1.54, 1.807) is 0 Å². The fourth-order valence-corrected chi connectivity index (χ4v) is 3.17. The molecule has 0 fully saturated rings. The van der Waals surface area contributed by atoms with Gasteiger partial charge in [-0.3, -0.25) is 9.69 Å². The molecule has 1 atom stereocenters. The number of nitrogens with two attached hydrogens (primary N) is 1. The van der Waals surface area contributed by atoms with Gasteiger partial charge in [0.05, 0.1) is 0 Å². The van der Waals surface area contributed by atoms with Crippen molar-refractivity contribution in [3.05, 3.63) is 71.8 Å². The highest BCUT2D eigenvalue weighted by Gasteiger charge is 2.13. The molecule has 0 saturated carbocycles. The Bertz CT molecular complexity index is 836. The third-order valence-corrected chi connectivity index (χ3v) is 5.13. The Balaban J connectivity index is 1.70. The van der Waals surface area contributed by atoms with Gasteiger partial charge in [0.2, 0.25) is 0 Å². The summed E-state index contributed by atoms with van der Waals surface area (Å²) in [4.78, 5) is 36.9. The van der Waals surface area contributed by atoms with Gasteiger partial charge in [0.1, 0.15) is 19.3 Å². The molecule has 0 saturated heterocycles. The maximum absolute atomic E-state index is 12.0. The second-order valence-corrected chi connectivity index (χ2v) is 7.91. The van der Waals surface area contributed by atoms with Crippen LogP contribution in [0.4, 0.5) is 9.59 Å². The van der Waals surface area contributed by atoms with Crippen LogP contribution in [-0.4, -0.2) is 66.9 Å². The van der Waals surface area contributed by atoms with E-state index in [1.807, 2.05) is 65.6 Å². The summed E-state index contributed by atoms with van der Waals surface area (Å²) in [6.07, 6.45) is -0.163. The molecular weight excluding hydrogens is 452 g/mol. The number of hydrogen-bond acceptors (Lipinski definition) is 7. The second-order valence-electron chi connectivity index (χ2n) is 7.91. The maximum Gasteiger partial charge on any atom is 0.407 e. The van der Waals surface area contributed by atoms with E-state index in [1.165, 1.54) is 0 Å². The lowest BCUT2D eigenvalue weighted by Gasteiger charge is -2.23. The zero-order chi connectivity index (χ0) is 25.3. The van der Waals surface area contributed by atoms with Crippen molar-refractivity contribution in [2.24, 2.45) is 5.73 Å². The van der Waals surface area contributed by atoms with Crippen molar-refractivity contribution in [1.29, 1.82) is 0 Å². The Morgan fingerprint density at radius 2 is 1.26 bits per heavy atom. The lowest BCUT2D eigenvalue weighted by atomic mass is 10.1. The number of ether oxygens (including phenoxy) is 2. The molecule has 190 valence electrons. The van der Waals surface area contributed by atoms with Crippen molar-refractivity contribution in [3.63, 3.8) is 0 Å². The number of nitrogens with one attached hydrogen (secondary N) is 2. The second kappa shape index (κ2) is 16.1. The van der Waals surface area contributed by atoms with Gasteiger partial charge < -0.3 is 30.9 Å². The fraction of sp³-hybridized carbons (Fsp3) is 0.400. The summed E-state index contributed by atoms with van der Waals surface area (Å²) in [7, 11) is 0. The monoisotopic (exact) mass is 486 g/mol. The molecule has 0 unspecified atom stereocenters. The predicted molar refractivity (Wildman–Crippen MR) is 131 cm³/mol. The molecule has 0 spiro atoms. The topological polar surface area (TPSA) is 143 Å². The minimum Gasteiger partial charge on any atom is -0.480 e. The van der Waals surface area contributed by atoms with Crippen LogP contribution in [0.15, 0.2) is 60.7 Å². The number of amides is 2. The number of carboxylic acid groups (broad SMARTS) is 1. The Morgan fingerprint density at radius 1 is 0.800 bits per heavy atom. The first kappa shape index (κ1) is 27.6. The zero-order valence-electron chi connectivity index (χ0n) is 19.7. The average molecular weight is 487 g/mol. The van der Waals surface area contributed by atoms with Crippen molar-refractivity contribution in [2.45, 2.75) is 32.1 Å². The van der Waals surface area contributed by atoms with Crippen LogP contribution in [0.1, 0.15) is 24.0 Å². The molecule has 0 bridgehead atoms. The molecule has 0 radical (unpaired) electrons. The number of rotatable bonds is 15. The highest BCUT2D eigenvalue weighted by Crippen LogP contribution is 2.02. The lowest BCUT2D eigenvalue weighted by molar-refractivity contribution is -0.138. The van der Waals surface area contributed by atoms with Gasteiger partial charge in [-0.05, 0) is 30.5 Å². The minimum absolute atomic E-state index is 0.179. The molecular formula is C25H34N4O6. The predicted octanol–water partition coefficient (Wildman–Crippen LogP) is 2.33. The van der Waals surface area contributed by atoms with E-state index < -0.39 is 24.2 Å². The molecule has 2 aromatic carbocycles. The van der Waals surface area contributed by atoms with Crippen LogP contribution in [0.25, 0.3) is 0 Å². The van der Waals surface area contributed by atoms with Crippen molar-refractivity contribution < 1.29 is 29.0 Å². The summed E-state index contributed by atoms with van der Waals surface area (Å²) in [5.41, 5.74) is 7.37. The van der Waals surface area contributed by atoms with E-state index in [4.69, 9.17) is 20.3 Å². The van der Waals surface area contributed by atoms with E-state index >= 15 is 0 Å². The van der Waals surface area contributed by atoms with Gasteiger partial charge in [-0.25, -0.2) is 9.59 Å². The number of aliphatic carboxylic acids is 1. The quantitative estimate of drug-likeness (QED) is 0.300. The first-order valence-corrected chi connectivity index (χ1v) is 11.5. The van der Waals surface area contributed by atoms with Crippen LogP contribution >= 0.6 is 0 Å². The van der Waals surface area contributed by atoms with Gasteiger partial charge >= 0.3 is 18.2 Å². The zero-order valence-corrected chi connectivity index (χ0v) is 19.7. The van der Waals surface area contributed by atoms with Crippen LogP contribution in [0, 0.1) is 0 Å². The number of carboxylic acids is 1. The molecule has 10 heteroatoms. The van der Waals surface area contributed by atoms with Gasteiger partial charge in [0.25, 0.3) is 0 Å². The number of hydrogen-bond donors (Lipinski definition) is 4. The molecule has 35 heavy (non-hydrogen) atoms. The molecule has 0 aliphatic carbocycles. The van der Waals surface area contributed by atoms with E-state index in [0.717, 1.165) is 11.1 Å². The van der Waals surface area contributed by atoms with E-state index in [0.29, 0.717) is 45.6 Å². The molecule has 0 aliphatic rings. The first-order valence-electron chi connectivity index (χ1n) is 11.5. The Labute approximate surface area is 205 Å². The number of alkyl carbamates (subject to hydrolysis) is 2. The molecule has 2 rings (SSSR count). The number of benzene rings is 2. The van der Waals surface area contributed by atoms with Crippen LogP contribution in [0.2, 0.25) is 0 Å². The Hall–Kier alpha value is -3.63. The van der Waals surface area contributed by atoms with Gasteiger partial charge in [0.15, 0.2) is 0 Å². The molecule has 0 aromatic heterocycles. The van der Waals surface area contributed by atoms with Crippen molar-refractivity contribution in [2.75, 3.05) is 32.7 Å². The SMILES string of the molecule is N[C@@H](CCCN(CCNC(=O)OCc1ccccc1)CCNC(=O)OCc1ccccc1)C(=O)O. The molecule has 0 aliphatic heterocycles.